The molecule has 0 spiro atoms. The summed E-state index contributed by atoms with van der Waals surface area (Å²) in [6.07, 6.45) is 14.3. The van der Waals surface area contributed by atoms with Gasteiger partial charge in [-0.2, -0.15) is 0 Å². The number of Topliss-reactive ketones (excluding diaryl/α,β-unsaturated/α-hetero) is 2. The van der Waals surface area contributed by atoms with Gasteiger partial charge in [-0.05, 0) is 50.9 Å². The van der Waals surface area contributed by atoms with Gasteiger partial charge in [0.2, 0.25) is 6.10 Å². The summed E-state index contributed by atoms with van der Waals surface area (Å²) in [5.74, 6) is -0.0987. The molecule has 1 N–H and O–H groups in total. The summed E-state index contributed by atoms with van der Waals surface area (Å²) in [6.45, 7) is 7.91. The van der Waals surface area contributed by atoms with Crippen molar-refractivity contribution in [3.63, 3.8) is 0 Å². The number of esters is 1. The van der Waals surface area contributed by atoms with Crippen LogP contribution in [0.15, 0.2) is 24.8 Å². The Morgan fingerprint density at radius 2 is 2.00 bits per heavy atom. The second-order valence-electron chi connectivity index (χ2n) is 8.30. The molecular weight excluding hydrogens is 380 g/mol. The Bertz CT molecular complexity index is 580. The van der Waals surface area contributed by atoms with E-state index in [0.717, 1.165) is 32.1 Å². The quantitative estimate of drug-likeness (QED) is 0.165. The number of carbonyl (C=O) groups excluding carboxylic acids is 3. The van der Waals surface area contributed by atoms with Crippen molar-refractivity contribution in [2.75, 3.05) is 6.61 Å². The molecule has 0 aromatic rings. The lowest BCUT2D eigenvalue weighted by atomic mass is 9.88. The van der Waals surface area contributed by atoms with E-state index in [2.05, 4.69) is 30.4 Å². The van der Waals surface area contributed by atoms with E-state index in [1.165, 1.54) is 19.3 Å². The summed E-state index contributed by atoms with van der Waals surface area (Å²) < 4.78 is 4.66. The predicted octanol–water partition coefficient (Wildman–Crippen LogP) is 4.96. The molecule has 0 radical (unpaired) electrons. The van der Waals surface area contributed by atoms with E-state index >= 15 is 0 Å². The van der Waals surface area contributed by atoms with Gasteiger partial charge in [0.1, 0.15) is 5.78 Å². The third kappa shape index (κ3) is 9.38. The molecule has 0 amide bonds. The molecule has 0 aromatic carbocycles. The molecule has 0 aromatic heterocycles. The van der Waals surface area contributed by atoms with Gasteiger partial charge >= 0.3 is 5.97 Å². The third-order valence-corrected chi connectivity index (χ3v) is 5.99. The van der Waals surface area contributed by atoms with Crippen LogP contribution in [0.4, 0.5) is 0 Å². The molecule has 1 unspecified atom stereocenters. The Morgan fingerprint density at radius 1 is 1.23 bits per heavy atom. The minimum absolute atomic E-state index is 0.0832. The lowest BCUT2D eigenvalue weighted by Gasteiger charge is -2.15. The average Bonchev–Trinajstić information content (AvgIpc) is 3.09. The fraction of sp³-hybridized carbons (Fsp3) is 0.720. The molecule has 0 saturated heterocycles. The van der Waals surface area contributed by atoms with Crippen molar-refractivity contribution in [2.45, 2.75) is 90.6 Å². The highest BCUT2D eigenvalue weighted by molar-refractivity contribution is 6.01. The molecule has 0 heterocycles. The molecule has 1 fully saturated rings. The van der Waals surface area contributed by atoms with Crippen molar-refractivity contribution in [1.29, 1.82) is 0 Å². The maximum Gasteiger partial charge on any atom is 0.342 e. The van der Waals surface area contributed by atoms with Crippen LogP contribution in [0.2, 0.25) is 0 Å². The minimum Gasteiger partial charge on any atom is -0.464 e. The Kier molecular flexibility index (Phi) is 13.2. The fourth-order valence-electron chi connectivity index (χ4n) is 4.10. The Hall–Kier alpha value is -1.75. The van der Waals surface area contributed by atoms with Gasteiger partial charge < -0.3 is 9.84 Å². The van der Waals surface area contributed by atoms with E-state index in [0.29, 0.717) is 30.5 Å². The van der Waals surface area contributed by atoms with Crippen molar-refractivity contribution in [1.82, 2.24) is 0 Å². The highest BCUT2D eigenvalue weighted by atomic mass is 16.5. The number of carbonyl (C=O) groups is 3. The Balaban J connectivity index is 2.34. The number of allylic oxidation sites excluding steroid dienone is 3. The highest BCUT2D eigenvalue weighted by Gasteiger charge is 2.32. The zero-order valence-electron chi connectivity index (χ0n) is 18.8. The largest absolute Gasteiger partial charge is 0.464 e. The minimum atomic E-state index is -1.67. The molecule has 1 aliphatic carbocycles. The number of hydrogen-bond acceptors (Lipinski definition) is 5. The zero-order chi connectivity index (χ0) is 22.4. The van der Waals surface area contributed by atoms with E-state index in [4.69, 9.17) is 0 Å². The number of unbranched alkanes of at least 4 members (excludes halogenated alkanes) is 3. The van der Waals surface area contributed by atoms with E-state index in [1.54, 1.807) is 6.92 Å². The smallest absolute Gasteiger partial charge is 0.342 e. The first kappa shape index (κ1) is 26.3. The summed E-state index contributed by atoms with van der Waals surface area (Å²) in [6, 6.07) is 0. The van der Waals surface area contributed by atoms with Gasteiger partial charge in [-0.15, -0.1) is 6.58 Å². The van der Waals surface area contributed by atoms with Gasteiger partial charge in [-0.1, -0.05) is 50.8 Å². The number of hydrogen-bond donors (Lipinski definition) is 1. The second kappa shape index (κ2) is 15.1. The summed E-state index contributed by atoms with van der Waals surface area (Å²) in [5.41, 5.74) is 0. The SMILES string of the molecule is C=C[C@@H](CC=C[C@H]1CCC(=O)[C@@H]1CCCCCC(=O)C(O)C(=O)OCC)CCCC. The lowest BCUT2D eigenvalue weighted by molar-refractivity contribution is -0.157. The standard InChI is InChI=1S/C25H40O5/c1-4-7-12-19(5-2)13-11-14-20-17-18-22(26)21(20)15-9-8-10-16-23(27)24(28)25(29)30-6-3/h5,11,14,19-21,24,28H,2,4,6-10,12-13,15-18H2,1,3H3/t19-,20+,21-,24?/m1/s1. The molecule has 170 valence electrons. The van der Waals surface area contributed by atoms with Crippen LogP contribution in [0.3, 0.4) is 0 Å². The van der Waals surface area contributed by atoms with Crippen LogP contribution in [0.5, 0.6) is 0 Å². The third-order valence-electron chi connectivity index (χ3n) is 5.99. The van der Waals surface area contributed by atoms with Crippen LogP contribution in [-0.2, 0) is 19.1 Å². The summed E-state index contributed by atoms with van der Waals surface area (Å²) in [5, 5.41) is 9.62. The van der Waals surface area contributed by atoms with E-state index < -0.39 is 17.9 Å². The lowest BCUT2D eigenvalue weighted by Crippen LogP contribution is -2.31. The van der Waals surface area contributed by atoms with Crippen LogP contribution in [-0.4, -0.2) is 35.4 Å². The van der Waals surface area contributed by atoms with E-state index in [-0.39, 0.29) is 18.9 Å². The van der Waals surface area contributed by atoms with Crippen LogP contribution in [0.1, 0.15) is 84.5 Å². The first-order valence-corrected chi connectivity index (χ1v) is 11.6. The van der Waals surface area contributed by atoms with E-state index in [9.17, 15) is 19.5 Å². The molecule has 4 atom stereocenters. The number of ketones is 2. The van der Waals surface area contributed by atoms with Gasteiger partial charge in [0.15, 0.2) is 5.78 Å². The molecule has 30 heavy (non-hydrogen) atoms. The topological polar surface area (TPSA) is 80.7 Å². The molecule has 5 heteroatoms. The number of aliphatic hydroxyl groups excluding tert-OH is 1. The summed E-state index contributed by atoms with van der Waals surface area (Å²) in [7, 11) is 0. The molecule has 0 bridgehead atoms. The molecule has 1 rings (SSSR count). The van der Waals surface area contributed by atoms with Crippen molar-refractivity contribution in [3.05, 3.63) is 24.8 Å². The van der Waals surface area contributed by atoms with Crippen LogP contribution >= 0.6 is 0 Å². The summed E-state index contributed by atoms with van der Waals surface area (Å²) in [4.78, 5) is 35.5. The number of rotatable bonds is 16. The number of ether oxygens (including phenoxy) is 1. The molecule has 1 aliphatic rings. The normalized spacial score (nSPS) is 21.0. The van der Waals surface area contributed by atoms with Gasteiger partial charge in [0, 0.05) is 18.8 Å². The maximum absolute atomic E-state index is 12.3. The second-order valence-corrected chi connectivity index (χ2v) is 8.30. The first-order valence-electron chi connectivity index (χ1n) is 11.6. The zero-order valence-corrected chi connectivity index (χ0v) is 18.8. The predicted molar refractivity (Wildman–Crippen MR) is 119 cm³/mol. The van der Waals surface area contributed by atoms with Gasteiger partial charge in [-0.25, -0.2) is 4.79 Å². The summed E-state index contributed by atoms with van der Waals surface area (Å²) >= 11 is 0. The van der Waals surface area contributed by atoms with Crippen molar-refractivity contribution < 1.29 is 24.2 Å². The Morgan fingerprint density at radius 3 is 2.67 bits per heavy atom. The molecule has 0 aliphatic heterocycles. The highest BCUT2D eigenvalue weighted by Crippen LogP contribution is 2.34. The molecular formula is C25H40O5. The van der Waals surface area contributed by atoms with Crippen molar-refractivity contribution in [2.24, 2.45) is 17.8 Å². The molecule has 5 nitrogen and oxygen atoms in total. The van der Waals surface area contributed by atoms with Crippen LogP contribution in [0, 0.1) is 17.8 Å². The van der Waals surface area contributed by atoms with Crippen LogP contribution in [0.25, 0.3) is 0 Å². The van der Waals surface area contributed by atoms with Crippen molar-refractivity contribution >= 4 is 17.5 Å². The molecule has 1 saturated carbocycles. The van der Waals surface area contributed by atoms with E-state index in [1.807, 2.05) is 6.08 Å². The van der Waals surface area contributed by atoms with Gasteiger partial charge in [-0.3, -0.25) is 9.59 Å². The van der Waals surface area contributed by atoms with Crippen molar-refractivity contribution in [3.8, 4) is 0 Å². The average molecular weight is 421 g/mol. The Labute approximate surface area is 182 Å². The fourth-order valence-corrected chi connectivity index (χ4v) is 4.10. The van der Waals surface area contributed by atoms with Crippen LogP contribution < -0.4 is 0 Å². The monoisotopic (exact) mass is 420 g/mol. The van der Waals surface area contributed by atoms with Gasteiger partial charge in [0.25, 0.3) is 0 Å². The van der Waals surface area contributed by atoms with Gasteiger partial charge in [0.05, 0.1) is 6.61 Å². The number of aliphatic hydroxyl groups is 1. The first-order chi connectivity index (χ1) is 14.4. The maximum atomic E-state index is 12.3.